The van der Waals surface area contributed by atoms with Crippen molar-refractivity contribution in [2.24, 2.45) is 0 Å². The van der Waals surface area contributed by atoms with Gasteiger partial charge in [-0.05, 0) is 46.4 Å². The summed E-state index contributed by atoms with van der Waals surface area (Å²) in [7, 11) is 4.24. The second kappa shape index (κ2) is 7.63. The molecule has 0 spiro atoms. The molecule has 1 saturated heterocycles. The lowest BCUT2D eigenvalue weighted by molar-refractivity contribution is 0.0732. The Morgan fingerprint density at radius 3 is 2.54 bits per heavy atom. The molecule has 0 radical (unpaired) electrons. The average Bonchev–Trinajstić information content (AvgIpc) is 2.51. The molecule has 7 nitrogen and oxygen atoms in total. The van der Waals surface area contributed by atoms with E-state index >= 15 is 0 Å². The second-order valence-corrected chi connectivity index (χ2v) is 7.32. The lowest BCUT2D eigenvalue weighted by atomic mass is 9.80. The van der Waals surface area contributed by atoms with Crippen LogP contribution in [0.15, 0.2) is 6.07 Å². The van der Waals surface area contributed by atoms with E-state index in [1.807, 2.05) is 0 Å². The van der Waals surface area contributed by atoms with E-state index in [4.69, 9.17) is 5.73 Å². The van der Waals surface area contributed by atoms with Gasteiger partial charge in [-0.2, -0.15) is 4.98 Å². The van der Waals surface area contributed by atoms with Crippen molar-refractivity contribution >= 4 is 11.8 Å². The van der Waals surface area contributed by atoms with E-state index in [2.05, 4.69) is 44.8 Å². The minimum absolute atomic E-state index is 0.180. The molecule has 24 heavy (non-hydrogen) atoms. The first kappa shape index (κ1) is 17.4. The number of rotatable bonds is 6. The topological polar surface area (TPSA) is 81.8 Å². The van der Waals surface area contributed by atoms with Crippen molar-refractivity contribution in [1.82, 2.24) is 19.8 Å². The van der Waals surface area contributed by atoms with Gasteiger partial charge in [-0.3, -0.25) is 4.90 Å². The van der Waals surface area contributed by atoms with Crippen molar-refractivity contribution in [2.45, 2.75) is 31.3 Å². The minimum atomic E-state index is -0.180. The summed E-state index contributed by atoms with van der Waals surface area (Å²) in [6, 6.07) is 2.06. The highest BCUT2D eigenvalue weighted by atomic mass is 16.3. The van der Waals surface area contributed by atoms with Gasteiger partial charge in [0.2, 0.25) is 5.95 Å². The van der Waals surface area contributed by atoms with E-state index in [0.29, 0.717) is 11.9 Å². The highest BCUT2D eigenvalue weighted by Gasteiger charge is 2.30. The van der Waals surface area contributed by atoms with E-state index in [9.17, 15) is 5.11 Å². The Bertz CT molecular complexity index is 538. The van der Waals surface area contributed by atoms with Gasteiger partial charge in [0.25, 0.3) is 0 Å². The van der Waals surface area contributed by atoms with Gasteiger partial charge in [0.1, 0.15) is 5.82 Å². The van der Waals surface area contributed by atoms with Crippen LogP contribution in [0.1, 0.15) is 30.9 Å². The zero-order chi connectivity index (χ0) is 17.1. The number of aliphatic hydroxyl groups is 1. The molecule has 1 aromatic heterocycles. The Morgan fingerprint density at radius 2 is 1.92 bits per heavy atom. The van der Waals surface area contributed by atoms with Crippen LogP contribution in [0, 0.1) is 0 Å². The summed E-state index contributed by atoms with van der Waals surface area (Å²) in [5, 5.41) is 9.51. The molecule has 0 bridgehead atoms. The lowest BCUT2D eigenvalue weighted by Crippen LogP contribution is -2.47. The highest BCUT2D eigenvalue weighted by molar-refractivity contribution is 5.45. The van der Waals surface area contributed by atoms with Crippen LogP contribution in [0.4, 0.5) is 11.8 Å². The molecular formula is C17H30N6O. The van der Waals surface area contributed by atoms with E-state index in [1.54, 1.807) is 0 Å². The summed E-state index contributed by atoms with van der Waals surface area (Å²) in [6.45, 7) is 6.38. The van der Waals surface area contributed by atoms with Crippen LogP contribution >= 0.6 is 0 Å². The number of hydrogen-bond acceptors (Lipinski definition) is 7. The largest absolute Gasteiger partial charge is 0.393 e. The Hall–Kier alpha value is -1.44. The molecule has 0 unspecified atom stereocenters. The fourth-order valence-electron chi connectivity index (χ4n) is 3.48. The monoisotopic (exact) mass is 334 g/mol. The SMILES string of the molecule is CN(C)CCCN1CCN(c2cc(C3CC(O)C3)nc(N)n2)CC1. The number of aromatic nitrogens is 2. The normalized spacial score (nSPS) is 25.1. The fraction of sp³-hybridized carbons (Fsp3) is 0.765. The van der Waals surface area contributed by atoms with Crippen molar-refractivity contribution in [2.75, 3.05) is 64.0 Å². The molecule has 0 aromatic carbocycles. The first-order valence-electron chi connectivity index (χ1n) is 8.96. The Morgan fingerprint density at radius 1 is 1.21 bits per heavy atom. The maximum absolute atomic E-state index is 9.51. The summed E-state index contributed by atoms with van der Waals surface area (Å²) in [4.78, 5) is 15.9. The third kappa shape index (κ3) is 4.34. The van der Waals surface area contributed by atoms with Crippen LogP contribution in [-0.2, 0) is 0 Å². The standard InChI is InChI=1S/C17H30N6O/c1-21(2)4-3-5-22-6-8-23(9-7-22)16-12-15(19-17(18)20-16)13-10-14(24)11-13/h12-14,24H,3-11H2,1-2H3,(H2,18,19,20). The number of aliphatic hydroxyl groups excluding tert-OH is 1. The van der Waals surface area contributed by atoms with Crippen molar-refractivity contribution < 1.29 is 5.11 Å². The number of nitrogen functional groups attached to an aromatic ring is 1. The molecule has 3 rings (SSSR count). The zero-order valence-corrected chi connectivity index (χ0v) is 14.9. The molecule has 2 heterocycles. The third-order valence-electron chi connectivity index (χ3n) is 5.06. The number of nitrogens with two attached hydrogens (primary N) is 1. The van der Waals surface area contributed by atoms with Crippen LogP contribution in [-0.4, -0.2) is 84.3 Å². The van der Waals surface area contributed by atoms with Crippen molar-refractivity contribution in [3.63, 3.8) is 0 Å². The Kier molecular flexibility index (Phi) is 5.53. The Labute approximate surface area is 144 Å². The average molecular weight is 334 g/mol. The third-order valence-corrected chi connectivity index (χ3v) is 5.06. The van der Waals surface area contributed by atoms with Crippen molar-refractivity contribution in [3.8, 4) is 0 Å². The predicted molar refractivity (Wildman–Crippen MR) is 96.3 cm³/mol. The van der Waals surface area contributed by atoms with Gasteiger partial charge in [-0.15, -0.1) is 0 Å². The molecule has 3 N–H and O–H groups in total. The summed E-state index contributed by atoms with van der Waals surface area (Å²) in [5.41, 5.74) is 6.89. The lowest BCUT2D eigenvalue weighted by Gasteiger charge is -2.36. The number of nitrogens with zero attached hydrogens (tertiary/aromatic N) is 5. The predicted octanol–water partition coefficient (Wildman–Crippen LogP) is 0.371. The van der Waals surface area contributed by atoms with Gasteiger partial charge in [-0.1, -0.05) is 0 Å². The maximum Gasteiger partial charge on any atom is 0.222 e. The smallest absolute Gasteiger partial charge is 0.222 e. The molecule has 134 valence electrons. The number of piperazine rings is 1. The molecule has 1 saturated carbocycles. The van der Waals surface area contributed by atoms with Gasteiger partial charge in [0.15, 0.2) is 0 Å². The fourth-order valence-corrected chi connectivity index (χ4v) is 3.48. The first-order valence-corrected chi connectivity index (χ1v) is 8.96. The molecule has 1 aliphatic heterocycles. The van der Waals surface area contributed by atoms with Gasteiger partial charge in [-0.25, -0.2) is 4.98 Å². The molecule has 0 atom stereocenters. The van der Waals surface area contributed by atoms with Gasteiger partial charge < -0.3 is 20.6 Å². The summed E-state index contributed by atoms with van der Waals surface area (Å²) in [6.07, 6.45) is 2.60. The van der Waals surface area contributed by atoms with E-state index in [0.717, 1.165) is 63.6 Å². The van der Waals surface area contributed by atoms with Crippen LogP contribution < -0.4 is 10.6 Å². The molecule has 0 amide bonds. The summed E-state index contributed by atoms with van der Waals surface area (Å²) >= 11 is 0. The van der Waals surface area contributed by atoms with Gasteiger partial charge >= 0.3 is 0 Å². The van der Waals surface area contributed by atoms with Crippen molar-refractivity contribution in [1.29, 1.82) is 0 Å². The van der Waals surface area contributed by atoms with Crippen LogP contribution in [0.3, 0.4) is 0 Å². The second-order valence-electron chi connectivity index (χ2n) is 7.32. The quantitative estimate of drug-likeness (QED) is 0.778. The molecule has 1 aliphatic carbocycles. The highest BCUT2D eigenvalue weighted by Crippen LogP contribution is 2.36. The Balaban J connectivity index is 1.54. The van der Waals surface area contributed by atoms with Crippen LogP contribution in [0.25, 0.3) is 0 Å². The van der Waals surface area contributed by atoms with Crippen LogP contribution in [0.2, 0.25) is 0 Å². The van der Waals surface area contributed by atoms with Crippen molar-refractivity contribution in [3.05, 3.63) is 11.8 Å². The molecule has 2 fully saturated rings. The minimum Gasteiger partial charge on any atom is -0.393 e. The van der Waals surface area contributed by atoms with Crippen LogP contribution in [0.5, 0.6) is 0 Å². The zero-order valence-electron chi connectivity index (χ0n) is 14.9. The summed E-state index contributed by atoms with van der Waals surface area (Å²) < 4.78 is 0. The van der Waals surface area contributed by atoms with Gasteiger partial charge in [0.05, 0.1) is 11.8 Å². The molecular weight excluding hydrogens is 304 g/mol. The number of hydrogen-bond donors (Lipinski definition) is 2. The van der Waals surface area contributed by atoms with Gasteiger partial charge in [0, 0.05) is 38.2 Å². The molecule has 2 aliphatic rings. The van der Waals surface area contributed by atoms with E-state index in [1.165, 1.54) is 6.42 Å². The maximum atomic E-state index is 9.51. The molecule has 7 heteroatoms. The number of anilines is 2. The van der Waals surface area contributed by atoms with E-state index in [-0.39, 0.29) is 6.10 Å². The van der Waals surface area contributed by atoms with E-state index < -0.39 is 0 Å². The first-order chi connectivity index (χ1) is 11.5. The summed E-state index contributed by atoms with van der Waals surface area (Å²) in [5.74, 6) is 1.61. The molecule has 1 aromatic rings.